The van der Waals surface area contributed by atoms with Gasteiger partial charge in [0, 0.05) is 18.3 Å². The van der Waals surface area contributed by atoms with E-state index < -0.39 is 11.6 Å². The van der Waals surface area contributed by atoms with E-state index >= 15 is 0 Å². The van der Waals surface area contributed by atoms with Crippen LogP contribution in [0.5, 0.6) is 11.5 Å². The number of nitrogens with zero attached hydrogens (tertiary/aromatic N) is 4. The van der Waals surface area contributed by atoms with Crippen LogP contribution < -0.4 is 26.0 Å². The van der Waals surface area contributed by atoms with Crippen LogP contribution in [0.4, 0.5) is 5.69 Å². The van der Waals surface area contributed by atoms with Crippen LogP contribution in [0.15, 0.2) is 52.1 Å². The van der Waals surface area contributed by atoms with Crippen LogP contribution in [0.2, 0.25) is 0 Å². The average molecular weight is 463 g/mol. The molecular weight excluding hydrogens is 438 g/mol. The topological polar surface area (TPSA) is 109 Å². The molecule has 1 aliphatic heterocycles. The lowest BCUT2D eigenvalue weighted by molar-refractivity contribution is -0.117. The fourth-order valence-electron chi connectivity index (χ4n) is 4.02. The largest absolute Gasteiger partial charge is 0.486 e. The average Bonchev–Trinajstić information content (AvgIpc) is 3.14. The van der Waals surface area contributed by atoms with Crippen LogP contribution in [0, 0.1) is 5.92 Å². The summed E-state index contributed by atoms with van der Waals surface area (Å²) >= 11 is 0. The van der Waals surface area contributed by atoms with Crippen LogP contribution >= 0.6 is 0 Å². The van der Waals surface area contributed by atoms with Gasteiger partial charge >= 0.3 is 5.69 Å². The third kappa shape index (κ3) is 3.91. The second kappa shape index (κ2) is 8.69. The Labute approximate surface area is 194 Å². The highest BCUT2D eigenvalue weighted by atomic mass is 16.6. The van der Waals surface area contributed by atoms with E-state index in [-0.39, 0.29) is 17.9 Å². The molecule has 3 heterocycles. The maximum absolute atomic E-state index is 13.3. The zero-order valence-corrected chi connectivity index (χ0v) is 19.0. The molecule has 0 saturated heterocycles. The van der Waals surface area contributed by atoms with Crippen LogP contribution in [-0.2, 0) is 17.9 Å². The Hall–Kier alpha value is -4.08. The lowest BCUT2D eigenvalue weighted by Crippen LogP contribution is -2.29. The van der Waals surface area contributed by atoms with Crippen molar-refractivity contribution in [1.29, 1.82) is 0 Å². The lowest BCUT2D eigenvalue weighted by atomic mass is 10.1. The summed E-state index contributed by atoms with van der Waals surface area (Å²) in [6, 6.07) is 12.0. The summed E-state index contributed by atoms with van der Waals surface area (Å²) in [5, 5.41) is 7.57. The molecule has 0 radical (unpaired) electrons. The van der Waals surface area contributed by atoms with Crippen LogP contribution in [-0.4, -0.2) is 37.9 Å². The van der Waals surface area contributed by atoms with Gasteiger partial charge in [-0.05, 0) is 36.6 Å². The van der Waals surface area contributed by atoms with Crippen molar-refractivity contribution in [2.75, 3.05) is 18.5 Å². The monoisotopic (exact) mass is 463 g/mol. The predicted octanol–water partition coefficient (Wildman–Crippen LogP) is 2.27. The van der Waals surface area contributed by atoms with Crippen molar-refractivity contribution in [1.82, 2.24) is 18.7 Å². The number of rotatable bonds is 6. The Balaban J connectivity index is 1.50. The molecule has 1 amide bonds. The van der Waals surface area contributed by atoms with Crippen molar-refractivity contribution >= 4 is 28.3 Å². The number of hydrogen-bond acceptors (Lipinski definition) is 6. The molecule has 2 aromatic heterocycles. The Bertz CT molecular complexity index is 1510. The van der Waals surface area contributed by atoms with Gasteiger partial charge in [0.1, 0.15) is 19.8 Å². The third-order valence-electron chi connectivity index (χ3n) is 5.73. The molecule has 176 valence electrons. The van der Waals surface area contributed by atoms with E-state index in [4.69, 9.17) is 9.47 Å². The van der Waals surface area contributed by atoms with E-state index in [1.807, 2.05) is 0 Å². The molecule has 0 unspecified atom stereocenters. The molecule has 0 saturated carbocycles. The molecular formula is C24H25N5O5. The second-order valence-corrected chi connectivity index (χ2v) is 8.64. The molecule has 5 rings (SSSR count). The molecule has 1 aliphatic rings. The van der Waals surface area contributed by atoms with E-state index in [2.05, 4.69) is 24.3 Å². The summed E-state index contributed by atoms with van der Waals surface area (Å²) in [7, 11) is 0. The SMILES string of the molecule is CC(C)CCn1c(=O)c2ccccc2n2c(=O)n(CC(=O)Nc3ccc4c(c3)OCCO4)nc12. The summed E-state index contributed by atoms with van der Waals surface area (Å²) < 4.78 is 15.0. The smallest absolute Gasteiger partial charge is 0.352 e. The Morgan fingerprint density at radius 3 is 2.65 bits per heavy atom. The van der Waals surface area contributed by atoms with Crippen molar-refractivity contribution in [2.24, 2.45) is 5.92 Å². The highest BCUT2D eigenvalue weighted by Crippen LogP contribution is 2.32. The van der Waals surface area contributed by atoms with Crippen LogP contribution in [0.3, 0.4) is 0 Å². The second-order valence-electron chi connectivity index (χ2n) is 8.64. The number of carbonyl (C=O) groups excluding carboxylic acids is 1. The summed E-state index contributed by atoms with van der Waals surface area (Å²) in [4.78, 5) is 39.2. The van der Waals surface area contributed by atoms with Gasteiger partial charge in [-0.3, -0.25) is 14.2 Å². The van der Waals surface area contributed by atoms with Gasteiger partial charge in [-0.2, -0.15) is 0 Å². The number of hydrogen-bond donors (Lipinski definition) is 1. The first-order valence-electron chi connectivity index (χ1n) is 11.2. The zero-order chi connectivity index (χ0) is 23.8. The number of anilines is 1. The Morgan fingerprint density at radius 1 is 1.09 bits per heavy atom. The molecule has 2 aromatic carbocycles. The van der Waals surface area contributed by atoms with Gasteiger partial charge in [0.2, 0.25) is 11.7 Å². The predicted molar refractivity (Wildman–Crippen MR) is 127 cm³/mol. The van der Waals surface area contributed by atoms with Gasteiger partial charge < -0.3 is 14.8 Å². The molecule has 34 heavy (non-hydrogen) atoms. The number of ether oxygens (including phenoxy) is 2. The molecule has 0 fully saturated rings. The standard InChI is InChI=1S/C24H25N5O5/c1-15(2)9-10-27-22(31)17-5-3-4-6-18(17)29-23(27)26-28(24(29)32)14-21(30)25-16-7-8-19-20(13-16)34-12-11-33-19/h3-8,13,15H,9-12,14H2,1-2H3,(H,25,30). The molecule has 0 bridgehead atoms. The Kier molecular flexibility index (Phi) is 5.56. The summed E-state index contributed by atoms with van der Waals surface area (Å²) in [6.45, 7) is 5.17. The first-order valence-corrected chi connectivity index (χ1v) is 11.2. The molecule has 1 N–H and O–H groups in total. The minimum Gasteiger partial charge on any atom is -0.486 e. The summed E-state index contributed by atoms with van der Waals surface area (Å²) in [6.07, 6.45) is 0.750. The third-order valence-corrected chi connectivity index (χ3v) is 5.73. The van der Waals surface area contributed by atoms with Crippen molar-refractivity contribution in [3.05, 3.63) is 63.3 Å². The quantitative estimate of drug-likeness (QED) is 0.470. The molecule has 0 spiro atoms. The number of nitrogens with one attached hydrogen (secondary N) is 1. The maximum Gasteiger partial charge on any atom is 0.352 e. The van der Waals surface area contributed by atoms with E-state index in [0.717, 1.165) is 11.1 Å². The minimum absolute atomic E-state index is 0.207. The van der Waals surface area contributed by atoms with E-state index in [1.54, 1.807) is 42.5 Å². The zero-order valence-electron chi connectivity index (χ0n) is 19.0. The number of fused-ring (bicyclic) bond motifs is 4. The van der Waals surface area contributed by atoms with E-state index in [1.165, 1.54) is 8.97 Å². The number of para-hydroxylation sites is 1. The number of carbonyl (C=O) groups is 1. The maximum atomic E-state index is 13.3. The van der Waals surface area contributed by atoms with Crippen LogP contribution in [0.25, 0.3) is 16.7 Å². The van der Waals surface area contributed by atoms with Gasteiger partial charge in [0.25, 0.3) is 5.56 Å². The van der Waals surface area contributed by atoms with Crippen LogP contribution in [0.1, 0.15) is 20.3 Å². The normalized spacial score (nSPS) is 13.0. The molecule has 10 nitrogen and oxygen atoms in total. The van der Waals surface area contributed by atoms with Gasteiger partial charge in [-0.15, -0.1) is 5.10 Å². The van der Waals surface area contributed by atoms with E-state index in [9.17, 15) is 14.4 Å². The minimum atomic E-state index is -0.484. The van der Waals surface area contributed by atoms with Crippen molar-refractivity contribution < 1.29 is 14.3 Å². The number of amides is 1. The first-order chi connectivity index (χ1) is 16.4. The van der Waals surface area contributed by atoms with Gasteiger partial charge in [-0.1, -0.05) is 26.0 Å². The van der Waals surface area contributed by atoms with E-state index in [0.29, 0.717) is 53.8 Å². The van der Waals surface area contributed by atoms with Crippen molar-refractivity contribution in [2.45, 2.75) is 33.4 Å². The molecule has 0 atom stereocenters. The Morgan fingerprint density at radius 2 is 1.85 bits per heavy atom. The molecule has 4 aromatic rings. The van der Waals surface area contributed by atoms with Crippen molar-refractivity contribution in [3.63, 3.8) is 0 Å². The first kappa shape index (κ1) is 21.7. The number of benzene rings is 2. The van der Waals surface area contributed by atoms with Crippen molar-refractivity contribution in [3.8, 4) is 11.5 Å². The summed E-state index contributed by atoms with van der Waals surface area (Å²) in [5.74, 6) is 1.33. The summed E-state index contributed by atoms with van der Waals surface area (Å²) in [5.41, 5.74) is 0.292. The fourth-order valence-corrected chi connectivity index (χ4v) is 4.02. The number of aryl methyl sites for hydroxylation is 1. The highest BCUT2D eigenvalue weighted by molar-refractivity contribution is 5.91. The van der Waals surface area contributed by atoms with Gasteiger partial charge in [0.05, 0.1) is 10.9 Å². The molecule has 0 aliphatic carbocycles. The van der Waals surface area contributed by atoms with Gasteiger partial charge in [0.15, 0.2) is 11.5 Å². The highest BCUT2D eigenvalue weighted by Gasteiger charge is 2.19. The van der Waals surface area contributed by atoms with Gasteiger partial charge in [-0.25, -0.2) is 13.9 Å². The molecule has 10 heteroatoms. The number of aromatic nitrogens is 4. The lowest BCUT2D eigenvalue weighted by Gasteiger charge is -2.18. The fraction of sp³-hybridized carbons (Fsp3) is 0.333.